The smallest absolute Gasteiger partial charge is 0.452 e. The van der Waals surface area contributed by atoms with Gasteiger partial charge >= 0.3 is 34.1 Å². The van der Waals surface area contributed by atoms with E-state index in [0.717, 1.165) is 75.5 Å². The van der Waals surface area contributed by atoms with E-state index in [9.17, 15) is 28.8 Å². The standard InChI is InChI=1S/C22H21N3O2.C22H21NO4.C15H27NO.2C5H10.4CH3.2Fe/c1-14(26)10-11-23-19-13-21-22(17-7-5-4-6-16(17)19)24-18-9-8-15(25(2)3)12-20(18)27-21;1-14(24)7-3-2-6-12-23-22(27)15-10-11-18-19(13-15)21(26)17-9-5-4-8-16(17)20(18)25;1-13(17)10-16(11-14-6-2-3-7-14)12-15-8-4-5-9-15;2*1-2-4-5-3-1;;;;;;/h4-9,12-13H,10-11H2,1-3H3;4-5,8-11,13H,2-3,6-7,12H2,1H3,(H,23,27);14-15H,2-12H2,1H3;2*1-5H2;4*1H3;;/q;;;;;4*-1;2*+2/p+1. The van der Waals surface area contributed by atoms with E-state index >= 15 is 0 Å². The number of carbonyl (C=O) groups is 6. The molecule has 4 fully saturated rings. The van der Waals surface area contributed by atoms with Crippen molar-refractivity contribution >= 4 is 62.4 Å². The molecule has 0 bridgehead atoms. The number of carbonyl (C=O) groups excluding carboxylic acids is 6. The predicted octanol–water partition coefficient (Wildman–Crippen LogP) is 15.8. The number of hydrogen-bond donors (Lipinski definition) is 2. The van der Waals surface area contributed by atoms with E-state index in [0.29, 0.717) is 60.5 Å². The minimum Gasteiger partial charge on any atom is -0.452 e. The van der Waals surface area contributed by atoms with Crippen molar-refractivity contribution in [2.45, 2.75) is 168 Å². The Morgan fingerprint density at radius 1 is 0.552 bits per heavy atom. The summed E-state index contributed by atoms with van der Waals surface area (Å²) in [5.74, 6) is 2.46. The molecule has 11 rings (SSSR count). The van der Waals surface area contributed by atoms with Gasteiger partial charge in [-0.05, 0) is 95.4 Å². The van der Waals surface area contributed by atoms with Crippen molar-refractivity contribution in [1.29, 1.82) is 0 Å². The SMILES string of the molecule is C1CCCC1.C1CCCC1.CC(=O)CCCCCNC(=O)c1ccc2c(c1)C(=O)c1ccccc1C2=O.CC(=O)CCNc1cc2oc3cc(=[N+](C)C)ccc-3nc2c2ccccc12.CC(=O)CN(CC1CCCC1)CC1CCCC1.[CH3-].[CH3-].[CH3-].[CH3-].[Fe+2].[Fe+2]. The van der Waals surface area contributed by atoms with Crippen molar-refractivity contribution in [3.05, 3.63) is 154 Å². The molecule has 0 radical (unpaired) electrons. The van der Waals surface area contributed by atoms with Gasteiger partial charge in [0, 0.05) is 95.4 Å². The summed E-state index contributed by atoms with van der Waals surface area (Å²) in [6, 6.07) is 27.5. The van der Waals surface area contributed by atoms with Crippen LogP contribution in [0.2, 0.25) is 0 Å². The van der Waals surface area contributed by atoms with E-state index in [1.807, 2.05) is 55.1 Å². The molecule has 2 N–H and O–H groups in total. The molecule has 0 atom stereocenters. The number of amides is 1. The number of aromatic nitrogens is 1. The van der Waals surface area contributed by atoms with Crippen molar-refractivity contribution in [3.8, 4) is 11.5 Å². The molecule has 476 valence electrons. The maximum Gasteiger partial charge on any atom is 2.00 e. The second-order valence-corrected chi connectivity index (χ2v) is 23.4. The molecule has 4 saturated carbocycles. The summed E-state index contributed by atoms with van der Waals surface area (Å²) in [4.78, 5) is 78.5. The molecule has 12 nitrogen and oxygen atoms in total. The van der Waals surface area contributed by atoms with Crippen LogP contribution in [-0.2, 0) is 48.5 Å². The molecular formula is C73H102Fe2N5O7+. The largest absolute Gasteiger partial charge is 2.00 e. The summed E-state index contributed by atoms with van der Waals surface area (Å²) in [7, 11) is 4.00. The zero-order chi connectivity index (χ0) is 57.5. The van der Waals surface area contributed by atoms with Gasteiger partial charge in [-0.15, -0.1) is 0 Å². The number of ketones is 5. The van der Waals surface area contributed by atoms with Gasteiger partial charge in [0.25, 0.3) is 5.91 Å². The third kappa shape index (κ3) is 24.7. The Balaban J connectivity index is 0.000000593. The fraction of sp³-hybridized carbons (Fsp3) is 0.479. The molecule has 0 spiro atoms. The van der Waals surface area contributed by atoms with Crippen LogP contribution in [0.5, 0.6) is 0 Å². The third-order valence-electron chi connectivity index (χ3n) is 16.3. The van der Waals surface area contributed by atoms with Crippen molar-refractivity contribution < 1.29 is 67.3 Å². The van der Waals surface area contributed by atoms with Crippen LogP contribution in [0.25, 0.3) is 33.3 Å². The molecule has 14 heteroatoms. The second kappa shape index (κ2) is 41.6. The third-order valence-corrected chi connectivity index (χ3v) is 16.3. The Kier molecular flexibility index (Phi) is 37.9. The Labute approximate surface area is 544 Å². The summed E-state index contributed by atoms with van der Waals surface area (Å²) >= 11 is 0. The number of nitrogens with zero attached hydrogens (tertiary/aromatic N) is 3. The van der Waals surface area contributed by atoms with Gasteiger partial charge in [-0.25, -0.2) is 9.56 Å². The van der Waals surface area contributed by atoms with Crippen LogP contribution in [0.1, 0.15) is 211 Å². The molecule has 1 amide bonds. The zero-order valence-corrected chi connectivity index (χ0v) is 56.2. The van der Waals surface area contributed by atoms with Gasteiger partial charge in [0.1, 0.15) is 42.7 Å². The van der Waals surface area contributed by atoms with E-state index in [2.05, 4.69) is 27.7 Å². The normalized spacial score (nSPS) is 14.5. The molecule has 1 heterocycles. The first kappa shape index (κ1) is 79.4. The summed E-state index contributed by atoms with van der Waals surface area (Å²) < 4.78 is 8.25. The minimum absolute atomic E-state index is 0. The topological polar surface area (TPSA) is 159 Å². The molecule has 6 aliphatic carbocycles. The molecule has 0 unspecified atom stereocenters. The monoisotopic (exact) mass is 1270 g/mol. The molecular weight excluding hydrogens is 1170 g/mol. The average molecular weight is 1270 g/mol. The Morgan fingerprint density at radius 3 is 1.57 bits per heavy atom. The summed E-state index contributed by atoms with van der Waals surface area (Å²) in [5, 5.41) is 9.35. The quantitative estimate of drug-likeness (QED) is 0.0224. The molecule has 4 aromatic rings. The van der Waals surface area contributed by atoms with Gasteiger partial charge in [-0.2, -0.15) is 0 Å². The number of unbranched alkanes of at least 4 members (excludes halogenated alkanes) is 2. The molecule has 1 aliphatic heterocycles. The summed E-state index contributed by atoms with van der Waals surface area (Å²) in [6.07, 6.45) is 29.7. The number of anilines is 1. The van der Waals surface area contributed by atoms with Crippen LogP contribution in [0.3, 0.4) is 0 Å². The number of fused-ring (bicyclic) bond motifs is 6. The van der Waals surface area contributed by atoms with Gasteiger partial charge in [-0.1, -0.05) is 145 Å². The first-order valence-corrected chi connectivity index (χ1v) is 30.6. The number of hydrogen-bond acceptors (Lipinski definition) is 10. The van der Waals surface area contributed by atoms with Gasteiger partial charge in [0.05, 0.1) is 12.6 Å². The van der Waals surface area contributed by atoms with E-state index in [1.54, 1.807) is 57.2 Å². The number of nitrogens with one attached hydrogen (secondary N) is 2. The second-order valence-electron chi connectivity index (χ2n) is 23.4. The van der Waals surface area contributed by atoms with Crippen molar-refractivity contribution in [2.24, 2.45) is 11.8 Å². The summed E-state index contributed by atoms with van der Waals surface area (Å²) in [6.45, 7) is 9.05. The fourth-order valence-corrected chi connectivity index (χ4v) is 11.9. The van der Waals surface area contributed by atoms with E-state index < -0.39 is 0 Å². The maximum atomic E-state index is 12.7. The molecule has 7 aliphatic rings. The van der Waals surface area contributed by atoms with E-state index in [1.165, 1.54) is 135 Å². The molecule has 0 aromatic heterocycles. The maximum absolute atomic E-state index is 12.7. The molecule has 0 saturated heterocycles. The van der Waals surface area contributed by atoms with Crippen molar-refractivity contribution in [2.75, 3.05) is 52.1 Å². The Morgan fingerprint density at radius 2 is 1.06 bits per heavy atom. The van der Waals surface area contributed by atoms with Crippen LogP contribution in [0.4, 0.5) is 5.69 Å². The molecule has 4 aromatic carbocycles. The minimum atomic E-state index is -0.275. The van der Waals surface area contributed by atoms with Gasteiger partial charge in [0.2, 0.25) is 5.36 Å². The van der Waals surface area contributed by atoms with Crippen LogP contribution >= 0.6 is 0 Å². The number of benzene rings is 5. The van der Waals surface area contributed by atoms with Gasteiger partial charge in [-0.3, -0.25) is 28.9 Å². The molecule has 87 heavy (non-hydrogen) atoms. The van der Waals surface area contributed by atoms with Crippen LogP contribution < -0.4 is 20.6 Å². The van der Waals surface area contributed by atoms with Crippen LogP contribution in [-0.4, -0.2) is 91.5 Å². The summed E-state index contributed by atoms with van der Waals surface area (Å²) in [5.41, 5.74) is 5.08. The van der Waals surface area contributed by atoms with Crippen LogP contribution in [0.15, 0.2) is 95.4 Å². The first-order valence-electron chi connectivity index (χ1n) is 30.6. The average Bonchev–Trinajstić information content (AvgIpc) is 3.02. The Bertz CT molecular complexity index is 3090. The van der Waals surface area contributed by atoms with Crippen molar-refractivity contribution in [1.82, 2.24) is 19.8 Å². The predicted molar refractivity (Wildman–Crippen MR) is 353 cm³/mol. The zero-order valence-electron chi connectivity index (χ0n) is 54.0. The number of rotatable bonds is 17. The van der Waals surface area contributed by atoms with E-state index in [4.69, 9.17) is 9.40 Å². The van der Waals surface area contributed by atoms with Gasteiger partial charge in [0.15, 0.2) is 22.9 Å². The van der Waals surface area contributed by atoms with E-state index in [-0.39, 0.29) is 98.4 Å². The number of Topliss-reactive ketones (excluding diaryl/α,β-unsaturated/α-hetero) is 3. The van der Waals surface area contributed by atoms with Crippen LogP contribution in [0, 0.1) is 41.5 Å². The van der Waals surface area contributed by atoms with Gasteiger partial charge < -0.3 is 49.6 Å². The fourth-order valence-electron chi connectivity index (χ4n) is 11.9. The van der Waals surface area contributed by atoms with Crippen molar-refractivity contribution in [3.63, 3.8) is 0 Å². The Hall–Kier alpha value is -5.62. The first-order chi connectivity index (χ1) is 39.2.